The van der Waals surface area contributed by atoms with E-state index in [4.69, 9.17) is 24.4 Å². The van der Waals surface area contributed by atoms with Crippen LogP contribution in [0.5, 0.6) is 0 Å². The molecule has 0 radical (unpaired) electrons. The van der Waals surface area contributed by atoms with Crippen molar-refractivity contribution in [2.45, 2.75) is 0 Å². The summed E-state index contributed by atoms with van der Waals surface area (Å²) in [6.45, 7) is 0. The molecule has 0 aliphatic rings. The average Bonchev–Trinajstić information content (AvgIpc) is 2.50. The van der Waals surface area contributed by atoms with E-state index in [2.05, 4.69) is 16.0 Å². The van der Waals surface area contributed by atoms with E-state index >= 15 is 0 Å². The third-order valence-electron chi connectivity index (χ3n) is 2.67. The predicted octanol–water partition coefficient (Wildman–Crippen LogP) is 3.42. The molecule has 2 rings (SSSR count). The summed E-state index contributed by atoms with van der Waals surface area (Å²) in [5.41, 5.74) is 1.18. The van der Waals surface area contributed by atoms with Crippen LogP contribution >= 0.6 is 24.4 Å². The molecule has 6 nitrogen and oxygen atoms in total. The molecule has 0 aliphatic heterocycles. The van der Waals surface area contributed by atoms with Gasteiger partial charge in [-0.25, -0.2) is 4.39 Å². The summed E-state index contributed by atoms with van der Waals surface area (Å²) in [6.07, 6.45) is 0. The number of hydrogen-bond acceptors (Lipinski definition) is 4. The minimum atomic E-state index is -0.484. The van der Waals surface area contributed by atoms with Gasteiger partial charge < -0.3 is 16.0 Å². The molecule has 0 aromatic heterocycles. The lowest BCUT2D eigenvalue weighted by molar-refractivity contribution is -0.384. The van der Waals surface area contributed by atoms with Crippen LogP contribution in [0, 0.1) is 15.9 Å². The Morgan fingerprint density at radius 2 is 1.35 bits per heavy atom. The van der Waals surface area contributed by atoms with Crippen LogP contribution in [0.3, 0.4) is 0 Å². The van der Waals surface area contributed by atoms with Gasteiger partial charge >= 0.3 is 0 Å². The Labute approximate surface area is 141 Å². The molecular formula is C14H11FN4O2S2. The van der Waals surface area contributed by atoms with Crippen molar-refractivity contribution < 1.29 is 9.31 Å². The number of halogens is 1. The highest BCUT2D eigenvalue weighted by Crippen LogP contribution is 2.15. The summed E-state index contributed by atoms with van der Waals surface area (Å²) in [6, 6.07) is 11.5. The second-order valence-corrected chi connectivity index (χ2v) is 5.16. The molecule has 118 valence electrons. The van der Waals surface area contributed by atoms with Crippen LogP contribution in [0.15, 0.2) is 48.5 Å². The molecule has 0 aliphatic carbocycles. The Morgan fingerprint density at radius 1 is 0.913 bits per heavy atom. The van der Waals surface area contributed by atoms with Gasteiger partial charge in [0.2, 0.25) is 0 Å². The Balaban J connectivity index is 1.87. The summed E-state index contributed by atoms with van der Waals surface area (Å²) >= 11 is 10.2. The highest BCUT2D eigenvalue weighted by Gasteiger charge is 2.06. The lowest BCUT2D eigenvalue weighted by atomic mass is 10.3. The molecular weight excluding hydrogens is 339 g/mol. The maximum atomic E-state index is 12.8. The summed E-state index contributed by atoms with van der Waals surface area (Å²) in [5.74, 6) is -0.343. The maximum Gasteiger partial charge on any atom is 0.269 e. The van der Waals surface area contributed by atoms with E-state index in [0.717, 1.165) is 0 Å². The highest BCUT2D eigenvalue weighted by atomic mass is 32.1. The number of nitro groups is 1. The zero-order valence-electron chi connectivity index (χ0n) is 11.6. The first kappa shape index (κ1) is 16.7. The van der Waals surface area contributed by atoms with Crippen molar-refractivity contribution in [3.05, 3.63) is 64.5 Å². The van der Waals surface area contributed by atoms with Gasteiger partial charge in [-0.1, -0.05) is 0 Å². The van der Waals surface area contributed by atoms with Crippen molar-refractivity contribution in [2.24, 2.45) is 0 Å². The second kappa shape index (κ2) is 7.56. The monoisotopic (exact) mass is 350 g/mol. The molecule has 9 heteroatoms. The van der Waals surface area contributed by atoms with E-state index < -0.39 is 4.92 Å². The van der Waals surface area contributed by atoms with Gasteiger partial charge in [-0.3, -0.25) is 10.1 Å². The molecule has 0 heterocycles. The van der Waals surface area contributed by atoms with Crippen molar-refractivity contribution in [1.29, 1.82) is 0 Å². The molecule has 0 saturated carbocycles. The third-order valence-corrected chi connectivity index (χ3v) is 3.07. The second-order valence-electron chi connectivity index (χ2n) is 4.34. The standard InChI is InChI=1S/C14H11FN4O2S2/c15-9-1-3-10(4-2-9)16-13(22)18-14(23)17-11-5-7-12(8-6-11)19(20)21/h1-8H,(H3,16,17,18,22,23). The van der Waals surface area contributed by atoms with Crippen LogP contribution in [0.25, 0.3) is 0 Å². The summed E-state index contributed by atoms with van der Waals surface area (Å²) in [7, 11) is 0. The van der Waals surface area contributed by atoms with Gasteiger partial charge in [0, 0.05) is 23.5 Å². The topological polar surface area (TPSA) is 79.2 Å². The summed E-state index contributed by atoms with van der Waals surface area (Å²) < 4.78 is 12.8. The molecule has 0 bridgehead atoms. The number of nitrogens with zero attached hydrogens (tertiary/aromatic N) is 1. The quantitative estimate of drug-likeness (QED) is 0.445. The van der Waals surface area contributed by atoms with E-state index in [-0.39, 0.29) is 21.7 Å². The molecule has 0 unspecified atom stereocenters. The van der Waals surface area contributed by atoms with Crippen LogP contribution < -0.4 is 16.0 Å². The largest absolute Gasteiger partial charge is 0.332 e. The first-order valence-electron chi connectivity index (χ1n) is 6.33. The van der Waals surface area contributed by atoms with Gasteiger partial charge in [0.15, 0.2) is 10.2 Å². The van der Waals surface area contributed by atoms with Crippen molar-refractivity contribution in [3.8, 4) is 0 Å². The van der Waals surface area contributed by atoms with Gasteiger partial charge in [-0.05, 0) is 60.8 Å². The van der Waals surface area contributed by atoms with E-state index in [1.807, 2.05) is 0 Å². The Hall–Kier alpha value is -2.65. The number of nitro benzene ring substituents is 1. The SMILES string of the molecule is O=[N+]([O-])c1ccc(NC(=S)NC(=S)Nc2ccc(F)cc2)cc1. The molecule has 2 aromatic rings. The zero-order chi connectivity index (χ0) is 16.8. The van der Waals surface area contributed by atoms with E-state index in [1.54, 1.807) is 0 Å². The smallest absolute Gasteiger partial charge is 0.269 e. The third kappa shape index (κ3) is 5.24. The van der Waals surface area contributed by atoms with Crippen LogP contribution in [0.2, 0.25) is 0 Å². The fourth-order valence-corrected chi connectivity index (χ4v) is 2.13. The lowest BCUT2D eigenvalue weighted by Crippen LogP contribution is -2.37. The van der Waals surface area contributed by atoms with E-state index in [9.17, 15) is 14.5 Å². The molecule has 0 atom stereocenters. The fourth-order valence-electron chi connectivity index (χ4n) is 1.63. The van der Waals surface area contributed by atoms with Gasteiger partial charge in [0.05, 0.1) is 4.92 Å². The van der Waals surface area contributed by atoms with Gasteiger partial charge in [-0.2, -0.15) is 0 Å². The molecule has 23 heavy (non-hydrogen) atoms. The number of anilines is 2. The van der Waals surface area contributed by atoms with Gasteiger partial charge in [-0.15, -0.1) is 0 Å². The molecule has 0 fully saturated rings. The maximum absolute atomic E-state index is 12.8. The van der Waals surface area contributed by atoms with E-state index in [1.165, 1.54) is 48.5 Å². The van der Waals surface area contributed by atoms with Crippen molar-refractivity contribution in [2.75, 3.05) is 10.6 Å². The number of thiocarbonyl (C=S) groups is 2. The minimum Gasteiger partial charge on any atom is -0.332 e. The zero-order valence-corrected chi connectivity index (χ0v) is 13.2. The van der Waals surface area contributed by atoms with Crippen molar-refractivity contribution in [3.63, 3.8) is 0 Å². The number of benzene rings is 2. The van der Waals surface area contributed by atoms with E-state index in [0.29, 0.717) is 11.4 Å². The predicted molar refractivity (Wildman–Crippen MR) is 95.1 cm³/mol. The van der Waals surface area contributed by atoms with Crippen LogP contribution in [-0.2, 0) is 0 Å². The highest BCUT2D eigenvalue weighted by molar-refractivity contribution is 7.82. The number of hydrogen-bond donors (Lipinski definition) is 3. The van der Waals surface area contributed by atoms with Crippen molar-refractivity contribution >= 4 is 51.7 Å². The molecule has 0 spiro atoms. The van der Waals surface area contributed by atoms with Crippen LogP contribution in [0.1, 0.15) is 0 Å². The molecule has 0 saturated heterocycles. The minimum absolute atomic E-state index is 0.0112. The first-order valence-corrected chi connectivity index (χ1v) is 7.15. The number of rotatable bonds is 3. The Kier molecular flexibility index (Phi) is 5.50. The molecule has 3 N–H and O–H groups in total. The van der Waals surface area contributed by atoms with Gasteiger partial charge in [0.25, 0.3) is 5.69 Å². The number of nitrogens with one attached hydrogen (secondary N) is 3. The van der Waals surface area contributed by atoms with Gasteiger partial charge in [0.1, 0.15) is 5.82 Å². The first-order chi connectivity index (χ1) is 10.9. The average molecular weight is 350 g/mol. The normalized spacial score (nSPS) is 9.78. The van der Waals surface area contributed by atoms with Crippen LogP contribution in [-0.4, -0.2) is 15.1 Å². The number of non-ortho nitro benzene ring substituents is 1. The lowest BCUT2D eigenvalue weighted by Gasteiger charge is -2.12. The fraction of sp³-hybridized carbons (Fsp3) is 0. The Bertz CT molecular complexity index is 735. The molecule has 2 aromatic carbocycles. The summed E-state index contributed by atoms with van der Waals surface area (Å²) in [5, 5.41) is 19.5. The summed E-state index contributed by atoms with van der Waals surface area (Å²) in [4.78, 5) is 10.1. The Morgan fingerprint density at radius 3 is 1.78 bits per heavy atom. The molecule has 0 amide bonds. The van der Waals surface area contributed by atoms with Crippen LogP contribution in [0.4, 0.5) is 21.5 Å². The van der Waals surface area contributed by atoms with Crippen molar-refractivity contribution in [1.82, 2.24) is 5.32 Å².